The van der Waals surface area contributed by atoms with Crippen LogP contribution in [0, 0.1) is 0 Å². The second-order valence-electron chi connectivity index (χ2n) is 6.20. The topological polar surface area (TPSA) is 79.7 Å². The van der Waals surface area contributed by atoms with Gasteiger partial charge >= 0.3 is 0 Å². The minimum absolute atomic E-state index is 0.179. The fraction of sp³-hybridized carbons (Fsp3) is 0.190. The molecule has 0 unspecified atom stereocenters. The van der Waals surface area contributed by atoms with Crippen molar-refractivity contribution in [2.24, 2.45) is 0 Å². The third-order valence-corrected chi connectivity index (χ3v) is 4.41. The van der Waals surface area contributed by atoms with Gasteiger partial charge in [-0.2, -0.15) is 5.10 Å². The highest BCUT2D eigenvalue weighted by Gasteiger charge is 2.16. The molecule has 0 saturated heterocycles. The van der Waals surface area contributed by atoms with Crippen LogP contribution in [0.3, 0.4) is 0 Å². The van der Waals surface area contributed by atoms with E-state index in [9.17, 15) is 9.59 Å². The van der Waals surface area contributed by atoms with E-state index in [1.807, 2.05) is 24.3 Å². The normalized spacial score (nSPS) is 12.5. The lowest BCUT2D eigenvalue weighted by Gasteiger charge is -2.18. The SMILES string of the molecule is COc1ccccc1-c1ccc(=O)n(CC(=O)c2ccc3c(c2)OCCO3)n1. The van der Waals surface area contributed by atoms with Crippen molar-refractivity contribution in [3.63, 3.8) is 0 Å². The van der Waals surface area contributed by atoms with Crippen LogP contribution in [0.2, 0.25) is 0 Å². The number of aromatic nitrogens is 2. The van der Waals surface area contributed by atoms with Gasteiger partial charge in [-0.15, -0.1) is 0 Å². The maximum atomic E-state index is 12.7. The number of methoxy groups -OCH3 is 1. The van der Waals surface area contributed by atoms with Gasteiger partial charge in [-0.25, -0.2) is 4.68 Å². The van der Waals surface area contributed by atoms with E-state index < -0.39 is 0 Å². The Morgan fingerprint density at radius 1 is 1.07 bits per heavy atom. The summed E-state index contributed by atoms with van der Waals surface area (Å²) in [6, 6.07) is 15.4. The number of Topliss-reactive ketones (excluding diaryl/α,β-unsaturated/α-hetero) is 1. The Bertz CT molecular complexity index is 1090. The van der Waals surface area contributed by atoms with Crippen LogP contribution >= 0.6 is 0 Å². The zero-order valence-corrected chi connectivity index (χ0v) is 15.3. The zero-order valence-electron chi connectivity index (χ0n) is 15.3. The van der Waals surface area contributed by atoms with E-state index in [0.717, 1.165) is 10.2 Å². The average molecular weight is 378 g/mol. The molecule has 0 spiro atoms. The molecule has 0 radical (unpaired) electrons. The first-order chi connectivity index (χ1) is 13.7. The lowest BCUT2D eigenvalue weighted by molar-refractivity contribution is 0.0964. The van der Waals surface area contributed by atoms with Crippen molar-refractivity contribution in [2.45, 2.75) is 6.54 Å². The molecule has 0 N–H and O–H groups in total. The minimum atomic E-state index is -0.357. The number of hydrogen-bond acceptors (Lipinski definition) is 6. The van der Waals surface area contributed by atoms with Gasteiger partial charge in [-0.3, -0.25) is 9.59 Å². The van der Waals surface area contributed by atoms with Gasteiger partial charge in [-0.1, -0.05) is 12.1 Å². The minimum Gasteiger partial charge on any atom is -0.496 e. The van der Waals surface area contributed by atoms with Crippen LogP contribution in [0.5, 0.6) is 17.2 Å². The molecule has 0 fully saturated rings. The molecule has 4 rings (SSSR count). The van der Waals surface area contributed by atoms with Crippen LogP contribution in [0.15, 0.2) is 59.4 Å². The van der Waals surface area contributed by atoms with Crippen molar-refractivity contribution in [3.8, 4) is 28.5 Å². The quantitative estimate of drug-likeness (QED) is 0.635. The van der Waals surface area contributed by atoms with Crippen molar-refractivity contribution in [3.05, 3.63) is 70.5 Å². The van der Waals surface area contributed by atoms with Gasteiger partial charge in [-0.05, 0) is 36.4 Å². The molecule has 1 aliphatic heterocycles. The number of fused-ring (bicyclic) bond motifs is 1. The van der Waals surface area contributed by atoms with Gasteiger partial charge in [0.2, 0.25) is 0 Å². The Labute approximate surface area is 161 Å². The fourth-order valence-corrected chi connectivity index (χ4v) is 3.01. The summed E-state index contributed by atoms with van der Waals surface area (Å²) in [6.45, 7) is 0.740. The number of carbonyl (C=O) groups excluding carboxylic acids is 1. The summed E-state index contributed by atoms with van der Waals surface area (Å²) < 4.78 is 17.5. The molecule has 1 aliphatic rings. The van der Waals surface area contributed by atoms with Gasteiger partial charge in [0, 0.05) is 17.2 Å². The Morgan fingerprint density at radius 3 is 2.68 bits per heavy atom. The van der Waals surface area contributed by atoms with E-state index in [1.54, 1.807) is 31.4 Å². The van der Waals surface area contributed by atoms with Crippen LogP contribution < -0.4 is 19.8 Å². The molecule has 2 heterocycles. The number of rotatable bonds is 5. The maximum Gasteiger partial charge on any atom is 0.267 e. The first kappa shape index (κ1) is 17.8. The van der Waals surface area contributed by atoms with Crippen LogP contribution in [-0.4, -0.2) is 35.9 Å². The molecule has 0 aliphatic carbocycles. The van der Waals surface area contributed by atoms with E-state index in [2.05, 4.69) is 5.10 Å². The molecule has 28 heavy (non-hydrogen) atoms. The highest BCUT2D eigenvalue weighted by molar-refractivity contribution is 5.96. The third kappa shape index (κ3) is 3.46. The van der Waals surface area contributed by atoms with Gasteiger partial charge in [0.15, 0.2) is 17.3 Å². The molecule has 0 atom stereocenters. The zero-order chi connectivity index (χ0) is 19.5. The van der Waals surface area contributed by atoms with Crippen molar-refractivity contribution in [1.29, 1.82) is 0 Å². The first-order valence-electron chi connectivity index (χ1n) is 8.80. The molecule has 7 heteroatoms. The Balaban J connectivity index is 1.63. The molecular weight excluding hydrogens is 360 g/mol. The molecule has 0 saturated carbocycles. The van der Waals surface area contributed by atoms with E-state index in [0.29, 0.717) is 41.7 Å². The van der Waals surface area contributed by atoms with E-state index in [4.69, 9.17) is 14.2 Å². The Morgan fingerprint density at radius 2 is 1.86 bits per heavy atom. The summed E-state index contributed by atoms with van der Waals surface area (Å²) in [5.74, 6) is 1.53. The molecule has 0 amide bonds. The van der Waals surface area contributed by atoms with Crippen molar-refractivity contribution < 1.29 is 19.0 Å². The summed E-state index contributed by atoms with van der Waals surface area (Å²) in [5, 5.41) is 4.35. The van der Waals surface area contributed by atoms with Crippen LogP contribution in [-0.2, 0) is 6.54 Å². The second kappa shape index (κ2) is 7.56. The van der Waals surface area contributed by atoms with Crippen LogP contribution in [0.4, 0.5) is 0 Å². The summed E-state index contributed by atoms with van der Waals surface area (Å²) >= 11 is 0. The van der Waals surface area contributed by atoms with Gasteiger partial charge in [0.05, 0.1) is 12.8 Å². The summed E-state index contributed by atoms with van der Waals surface area (Å²) in [7, 11) is 1.57. The Hall–Kier alpha value is -3.61. The highest BCUT2D eigenvalue weighted by Crippen LogP contribution is 2.31. The molecule has 1 aromatic heterocycles. The lowest BCUT2D eigenvalue weighted by Crippen LogP contribution is -2.26. The molecule has 0 bridgehead atoms. The largest absolute Gasteiger partial charge is 0.496 e. The van der Waals surface area contributed by atoms with Gasteiger partial charge in [0.1, 0.15) is 25.5 Å². The average Bonchev–Trinajstić information content (AvgIpc) is 2.75. The standard InChI is InChI=1S/C21H18N2O5/c1-26-18-5-3-2-4-15(18)16-7-9-21(25)23(22-16)13-17(24)14-6-8-19-20(12-14)28-11-10-27-19/h2-9,12H,10-11,13H2,1H3. The maximum absolute atomic E-state index is 12.7. The predicted molar refractivity (Wildman–Crippen MR) is 102 cm³/mol. The molecule has 3 aromatic rings. The van der Waals surface area contributed by atoms with Crippen LogP contribution in [0.1, 0.15) is 10.4 Å². The van der Waals surface area contributed by atoms with Crippen molar-refractivity contribution in [1.82, 2.24) is 9.78 Å². The Kier molecular flexibility index (Phi) is 4.80. The smallest absolute Gasteiger partial charge is 0.267 e. The lowest BCUT2D eigenvalue weighted by atomic mass is 10.1. The molecular formula is C21H18N2O5. The monoisotopic (exact) mass is 378 g/mol. The molecule has 2 aromatic carbocycles. The summed E-state index contributed by atoms with van der Waals surface area (Å²) in [6.07, 6.45) is 0. The third-order valence-electron chi connectivity index (χ3n) is 4.41. The number of carbonyl (C=O) groups is 1. The summed E-state index contributed by atoms with van der Waals surface area (Å²) in [4.78, 5) is 24.9. The fourth-order valence-electron chi connectivity index (χ4n) is 3.01. The number of benzene rings is 2. The van der Waals surface area contributed by atoms with Crippen molar-refractivity contribution >= 4 is 5.78 Å². The number of hydrogen-bond donors (Lipinski definition) is 0. The summed E-state index contributed by atoms with van der Waals surface area (Å²) in [5.41, 5.74) is 1.36. The van der Waals surface area contributed by atoms with E-state index in [1.165, 1.54) is 6.07 Å². The molecule has 142 valence electrons. The number of ether oxygens (including phenoxy) is 3. The van der Waals surface area contributed by atoms with E-state index >= 15 is 0 Å². The van der Waals surface area contributed by atoms with E-state index in [-0.39, 0.29) is 17.9 Å². The van der Waals surface area contributed by atoms with Crippen molar-refractivity contribution in [2.75, 3.05) is 20.3 Å². The van der Waals surface area contributed by atoms with Crippen LogP contribution in [0.25, 0.3) is 11.3 Å². The predicted octanol–water partition coefficient (Wildman–Crippen LogP) is 2.57. The first-order valence-corrected chi connectivity index (χ1v) is 8.80. The van der Waals surface area contributed by atoms with Gasteiger partial charge in [0.25, 0.3) is 5.56 Å². The number of ketones is 1. The molecule has 7 nitrogen and oxygen atoms in total. The second-order valence-corrected chi connectivity index (χ2v) is 6.20. The van der Waals surface area contributed by atoms with Gasteiger partial charge < -0.3 is 14.2 Å². The number of para-hydroxylation sites is 1. The highest BCUT2D eigenvalue weighted by atomic mass is 16.6. The number of nitrogens with zero attached hydrogens (tertiary/aromatic N) is 2.